The maximum absolute atomic E-state index is 4.72. The van der Waals surface area contributed by atoms with E-state index in [9.17, 15) is 0 Å². The number of hydrogen-bond donors (Lipinski definition) is 0. The second-order valence-corrected chi connectivity index (χ2v) is 5.76. The molecule has 0 saturated carbocycles. The summed E-state index contributed by atoms with van der Waals surface area (Å²) in [5.41, 5.74) is 1.87. The third-order valence-electron chi connectivity index (χ3n) is 4.06. The molecule has 3 rings (SSSR count). The predicted octanol–water partition coefficient (Wildman–Crippen LogP) is 0.721. The topological polar surface area (TPSA) is 63.0 Å². The highest BCUT2D eigenvalue weighted by atomic mass is 15.3. The molecule has 112 valence electrons. The zero-order valence-corrected chi connectivity index (χ0v) is 13.0. The van der Waals surface area contributed by atoms with E-state index < -0.39 is 0 Å². The number of aromatic nitrogens is 5. The molecule has 1 atom stereocenters. The van der Waals surface area contributed by atoms with E-state index in [1.54, 1.807) is 11.0 Å². The molecular formula is C14H21N7. The molecule has 0 N–H and O–H groups in total. The van der Waals surface area contributed by atoms with Crippen molar-refractivity contribution in [2.24, 2.45) is 7.05 Å². The molecule has 1 aliphatic heterocycles. The van der Waals surface area contributed by atoms with Gasteiger partial charge in [-0.2, -0.15) is 5.10 Å². The second kappa shape index (κ2) is 5.40. The Kier molecular flexibility index (Phi) is 3.59. The fourth-order valence-corrected chi connectivity index (χ4v) is 2.67. The lowest BCUT2D eigenvalue weighted by atomic mass is 10.2. The van der Waals surface area contributed by atoms with Gasteiger partial charge in [0.15, 0.2) is 5.82 Å². The van der Waals surface area contributed by atoms with Crippen molar-refractivity contribution in [3.63, 3.8) is 0 Å². The molecule has 1 aliphatic rings. The van der Waals surface area contributed by atoms with Crippen LogP contribution in [0, 0.1) is 6.92 Å². The molecule has 1 unspecified atom stereocenters. The van der Waals surface area contributed by atoms with Crippen LogP contribution in [0.5, 0.6) is 0 Å². The lowest BCUT2D eigenvalue weighted by Crippen LogP contribution is -2.32. The third-order valence-corrected chi connectivity index (χ3v) is 4.06. The highest BCUT2D eigenvalue weighted by Crippen LogP contribution is 2.23. The first kappa shape index (κ1) is 13.9. The Morgan fingerprint density at radius 1 is 1.29 bits per heavy atom. The summed E-state index contributed by atoms with van der Waals surface area (Å²) in [6, 6.07) is 0.563. The Morgan fingerprint density at radius 3 is 2.71 bits per heavy atom. The smallest absolute Gasteiger partial charge is 0.226 e. The maximum atomic E-state index is 4.72. The number of likely N-dealkylation sites (N-methyl/N-ethyl adjacent to an activating group) is 1. The number of aryl methyl sites for hydroxylation is 2. The van der Waals surface area contributed by atoms with Gasteiger partial charge in [0.1, 0.15) is 12.0 Å². The first-order chi connectivity index (χ1) is 10.1. The molecule has 3 heterocycles. The van der Waals surface area contributed by atoms with Crippen LogP contribution in [-0.4, -0.2) is 62.9 Å². The highest BCUT2D eigenvalue weighted by molar-refractivity contribution is 5.56. The fourth-order valence-electron chi connectivity index (χ4n) is 2.67. The quantitative estimate of drug-likeness (QED) is 0.829. The molecule has 2 aromatic rings. The standard InChI is InChI=1S/C14H21N7/c1-10-7-15-14(21-6-5-11(8-21)19(2)3)18-12(10)13-16-9-17-20(13)4/h7,9,11H,5-6,8H2,1-4H3. The van der Waals surface area contributed by atoms with Crippen molar-refractivity contribution >= 4 is 5.95 Å². The number of nitrogens with zero attached hydrogens (tertiary/aromatic N) is 7. The summed E-state index contributed by atoms with van der Waals surface area (Å²) in [7, 11) is 6.12. The Labute approximate surface area is 124 Å². The Balaban J connectivity index is 1.90. The SMILES string of the molecule is Cc1cnc(N2CCC(N(C)C)C2)nc1-c1ncnn1C. The molecule has 0 amide bonds. The summed E-state index contributed by atoms with van der Waals surface area (Å²) < 4.78 is 1.74. The Hall–Kier alpha value is -2.02. The first-order valence-corrected chi connectivity index (χ1v) is 7.15. The minimum Gasteiger partial charge on any atom is -0.339 e. The van der Waals surface area contributed by atoms with Crippen LogP contribution < -0.4 is 4.90 Å². The van der Waals surface area contributed by atoms with Crippen LogP contribution in [-0.2, 0) is 7.05 Å². The molecule has 2 aromatic heterocycles. The normalized spacial score (nSPS) is 18.7. The average Bonchev–Trinajstić information content (AvgIpc) is 3.08. The van der Waals surface area contributed by atoms with Gasteiger partial charge in [-0.1, -0.05) is 0 Å². The van der Waals surface area contributed by atoms with Crippen molar-refractivity contribution in [1.29, 1.82) is 0 Å². The van der Waals surface area contributed by atoms with Crippen LogP contribution in [0.25, 0.3) is 11.5 Å². The molecule has 0 spiro atoms. The van der Waals surface area contributed by atoms with Crippen LogP contribution >= 0.6 is 0 Å². The van der Waals surface area contributed by atoms with Crippen molar-refractivity contribution in [1.82, 2.24) is 29.6 Å². The highest BCUT2D eigenvalue weighted by Gasteiger charge is 2.26. The van der Waals surface area contributed by atoms with Crippen LogP contribution in [0.15, 0.2) is 12.5 Å². The van der Waals surface area contributed by atoms with E-state index in [1.807, 2.05) is 20.2 Å². The summed E-state index contributed by atoms with van der Waals surface area (Å²) in [5.74, 6) is 1.56. The molecule has 0 bridgehead atoms. The van der Waals surface area contributed by atoms with E-state index in [1.165, 1.54) is 0 Å². The van der Waals surface area contributed by atoms with Crippen LogP contribution in [0.1, 0.15) is 12.0 Å². The minimum atomic E-state index is 0.563. The largest absolute Gasteiger partial charge is 0.339 e. The van der Waals surface area contributed by atoms with Gasteiger partial charge in [-0.3, -0.25) is 0 Å². The van der Waals surface area contributed by atoms with Gasteiger partial charge in [0.2, 0.25) is 5.95 Å². The first-order valence-electron chi connectivity index (χ1n) is 7.15. The molecule has 0 aliphatic carbocycles. The van der Waals surface area contributed by atoms with Crippen LogP contribution in [0.3, 0.4) is 0 Å². The van der Waals surface area contributed by atoms with Crippen molar-refractivity contribution in [3.05, 3.63) is 18.1 Å². The molecule has 1 saturated heterocycles. The summed E-state index contributed by atoms with van der Waals surface area (Å²) in [6.45, 7) is 3.96. The number of hydrogen-bond acceptors (Lipinski definition) is 6. The Bertz CT molecular complexity index is 634. The number of rotatable bonds is 3. The van der Waals surface area contributed by atoms with E-state index in [0.29, 0.717) is 6.04 Å². The molecule has 0 aromatic carbocycles. The molecule has 0 radical (unpaired) electrons. The van der Waals surface area contributed by atoms with E-state index in [0.717, 1.165) is 42.5 Å². The minimum absolute atomic E-state index is 0.563. The second-order valence-electron chi connectivity index (χ2n) is 5.76. The summed E-state index contributed by atoms with van der Waals surface area (Å²) in [5, 5.41) is 4.12. The molecule has 21 heavy (non-hydrogen) atoms. The zero-order chi connectivity index (χ0) is 15.0. The summed E-state index contributed by atoms with van der Waals surface area (Å²) >= 11 is 0. The summed E-state index contributed by atoms with van der Waals surface area (Å²) in [6.07, 6.45) is 4.56. The van der Waals surface area contributed by atoms with E-state index >= 15 is 0 Å². The average molecular weight is 287 g/mol. The van der Waals surface area contributed by atoms with Gasteiger partial charge in [-0.15, -0.1) is 0 Å². The van der Waals surface area contributed by atoms with Gasteiger partial charge in [0.05, 0.1) is 0 Å². The molecule has 7 nitrogen and oxygen atoms in total. The van der Waals surface area contributed by atoms with Gasteiger partial charge < -0.3 is 9.80 Å². The molecule has 1 fully saturated rings. The van der Waals surface area contributed by atoms with Crippen molar-refractivity contribution in [2.45, 2.75) is 19.4 Å². The predicted molar refractivity (Wildman–Crippen MR) is 81.1 cm³/mol. The van der Waals surface area contributed by atoms with E-state index in [-0.39, 0.29) is 0 Å². The third kappa shape index (κ3) is 2.61. The van der Waals surface area contributed by atoms with Gasteiger partial charge >= 0.3 is 0 Å². The fraction of sp³-hybridized carbons (Fsp3) is 0.571. The van der Waals surface area contributed by atoms with Crippen molar-refractivity contribution < 1.29 is 0 Å². The molecule has 7 heteroatoms. The van der Waals surface area contributed by atoms with Gasteiger partial charge in [-0.05, 0) is 33.0 Å². The zero-order valence-electron chi connectivity index (χ0n) is 13.0. The summed E-state index contributed by atoms with van der Waals surface area (Å²) in [4.78, 5) is 18.0. The Morgan fingerprint density at radius 2 is 2.10 bits per heavy atom. The van der Waals surface area contributed by atoms with Gasteiger partial charge in [-0.25, -0.2) is 19.6 Å². The lowest BCUT2D eigenvalue weighted by Gasteiger charge is -2.20. The van der Waals surface area contributed by atoms with Gasteiger partial charge in [0.25, 0.3) is 0 Å². The van der Waals surface area contributed by atoms with E-state index in [4.69, 9.17) is 4.98 Å². The van der Waals surface area contributed by atoms with E-state index in [2.05, 4.69) is 39.0 Å². The maximum Gasteiger partial charge on any atom is 0.226 e. The monoisotopic (exact) mass is 287 g/mol. The van der Waals surface area contributed by atoms with Crippen molar-refractivity contribution in [3.8, 4) is 11.5 Å². The number of anilines is 1. The van der Waals surface area contributed by atoms with Crippen LogP contribution in [0.2, 0.25) is 0 Å². The lowest BCUT2D eigenvalue weighted by molar-refractivity contribution is 0.315. The van der Waals surface area contributed by atoms with Crippen molar-refractivity contribution in [2.75, 3.05) is 32.1 Å². The van der Waals surface area contributed by atoms with Gasteiger partial charge in [0, 0.05) is 32.4 Å². The van der Waals surface area contributed by atoms with Crippen LogP contribution in [0.4, 0.5) is 5.95 Å². The molecular weight excluding hydrogens is 266 g/mol.